The Morgan fingerprint density at radius 3 is 2.68 bits per heavy atom. The van der Waals surface area contributed by atoms with Gasteiger partial charge in [-0.1, -0.05) is 78.3 Å². The van der Waals surface area contributed by atoms with Crippen LogP contribution in [0.2, 0.25) is 10.0 Å². The molecule has 3 heterocycles. The molecule has 176 valence electrons. The summed E-state index contributed by atoms with van der Waals surface area (Å²) in [6.45, 7) is 5.29. The van der Waals surface area contributed by atoms with Gasteiger partial charge in [0.15, 0.2) is 5.16 Å². The van der Waals surface area contributed by atoms with Crippen molar-refractivity contribution in [2.24, 2.45) is 0 Å². The number of hydrogen-bond acceptors (Lipinski definition) is 5. The number of aromatic nitrogens is 2. The molecule has 5 rings (SSSR count). The third-order valence-electron chi connectivity index (χ3n) is 6.32. The lowest BCUT2D eigenvalue weighted by molar-refractivity contribution is -0.0550. The molecule has 0 saturated carbocycles. The van der Waals surface area contributed by atoms with E-state index in [0.29, 0.717) is 40.9 Å². The van der Waals surface area contributed by atoms with Crippen molar-refractivity contribution >= 4 is 56.6 Å². The van der Waals surface area contributed by atoms with E-state index < -0.39 is 0 Å². The number of thioether (sulfide) groups is 1. The molecule has 0 amide bonds. The van der Waals surface area contributed by atoms with Gasteiger partial charge in [0.05, 0.1) is 28.8 Å². The van der Waals surface area contributed by atoms with Crippen molar-refractivity contribution in [1.29, 1.82) is 0 Å². The van der Waals surface area contributed by atoms with Crippen molar-refractivity contribution in [2.45, 2.75) is 56.4 Å². The van der Waals surface area contributed by atoms with Gasteiger partial charge in [0, 0.05) is 22.6 Å². The summed E-state index contributed by atoms with van der Waals surface area (Å²) in [7, 11) is 0. The van der Waals surface area contributed by atoms with Gasteiger partial charge in [0.25, 0.3) is 0 Å². The fourth-order valence-electron chi connectivity index (χ4n) is 4.10. The molecule has 0 fully saturated rings. The lowest BCUT2D eigenvalue weighted by Crippen LogP contribution is -2.37. The molecule has 1 aliphatic heterocycles. The molecule has 0 saturated heterocycles. The van der Waals surface area contributed by atoms with Crippen LogP contribution in [-0.4, -0.2) is 15.2 Å². The third-order valence-corrected chi connectivity index (χ3v) is 9.32. The second-order valence-electron chi connectivity index (χ2n) is 8.76. The SMILES string of the molecule is CCC1(C)Cc2c(sc3c(nc(SCc4ccc(Cl)c(Cl)c4)n3Cc3ccccc3)c2=O)CO1. The normalized spacial score (nSPS) is 17.8. The number of imidazole rings is 1. The zero-order valence-electron chi connectivity index (χ0n) is 18.9. The Kier molecular flexibility index (Phi) is 6.79. The summed E-state index contributed by atoms with van der Waals surface area (Å²) in [6, 6.07) is 15.9. The Morgan fingerprint density at radius 1 is 1.15 bits per heavy atom. The Balaban J connectivity index is 1.58. The van der Waals surface area contributed by atoms with E-state index in [1.165, 1.54) is 0 Å². The number of hydrogen-bond donors (Lipinski definition) is 0. The van der Waals surface area contributed by atoms with Crippen molar-refractivity contribution < 1.29 is 4.74 Å². The molecule has 2 aromatic heterocycles. The maximum Gasteiger partial charge on any atom is 0.211 e. The van der Waals surface area contributed by atoms with Crippen LogP contribution in [0.4, 0.5) is 0 Å². The summed E-state index contributed by atoms with van der Waals surface area (Å²) in [5, 5.41) is 1.89. The van der Waals surface area contributed by atoms with Gasteiger partial charge in [0.1, 0.15) is 10.3 Å². The molecule has 4 aromatic rings. The molecule has 0 aliphatic carbocycles. The van der Waals surface area contributed by atoms with E-state index in [-0.39, 0.29) is 11.0 Å². The smallest absolute Gasteiger partial charge is 0.211 e. The van der Waals surface area contributed by atoms with E-state index in [0.717, 1.165) is 38.0 Å². The Bertz CT molecular complexity index is 1420. The van der Waals surface area contributed by atoms with E-state index in [1.54, 1.807) is 23.1 Å². The van der Waals surface area contributed by atoms with Crippen LogP contribution in [0.3, 0.4) is 0 Å². The topological polar surface area (TPSA) is 44.1 Å². The number of fused-ring (bicyclic) bond motifs is 2. The van der Waals surface area contributed by atoms with Crippen LogP contribution in [0.5, 0.6) is 0 Å². The molecule has 1 unspecified atom stereocenters. The molecule has 1 atom stereocenters. The standard InChI is InChI=1S/C26H24Cl2N2O2S2/c1-3-26(2)12-18-21(14-32-26)34-24-22(23(18)31)29-25(30(24)13-16-7-5-4-6-8-16)33-15-17-9-10-19(27)20(28)11-17/h4-11H,3,12-15H2,1-2H3. The van der Waals surface area contributed by atoms with Crippen LogP contribution in [0, 0.1) is 0 Å². The first kappa shape index (κ1) is 23.9. The highest BCUT2D eigenvalue weighted by Gasteiger charge is 2.33. The van der Waals surface area contributed by atoms with Gasteiger partial charge in [-0.2, -0.15) is 0 Å². The van der Waals surface area contributed by atoms with Crippen LogP contribution >= 0.6 is 46.3 Å². The summed E-state index contributed by atoms with van der Waals surface area (Å²) < 4.78 is 8.31. The van der Waals surface area contributed by atoms with Crippen LogP contribution in [0.15, 0.2) is 58.5 Å². The molecule has 0 bridgehead atoms. The number of nitrogens with zero attached hydrogens (tertiary/aromatic N) is 2. The van der Waals surface area contributed by atoms with Crippen LogP contribution in [-0.2, 0) is 30.1 Å². The van der Waals surface area contributed by atoms with Crippen LogP contribution in [0.1, 0.15) is 41.8 Å². The predicted octanol–water partition coefficient (Wildman–Crippen LogP) is 7.35. The first-order valence-electron chi connectivity index (χ1n) is 11.2. The predicted molar refractivity (Wildman–Crippen MR) is 143 cm³/mol. The summed E-state index contributed by atoms with van der Waals surface area (Å²) in [5.41, 5.74) is 3.36. The van der Waals surface area contributed by atoms with Crippen molar-refractivity contribution in [3.05, 3.63) is 90.4 Å². The van der Waals surface area contributed by atoms with Gasteiger partial charge in [0.2, 0.25) is 5.43 Å². The van der Waals surface area contributed by atoms with E-state index in [1.807, 2.05) is 36.4 Å². The van der Waals surface area contributed by atoms with Gasteiger partial charge < -0.3 is 9.30 Å². The van der Waals surface area contributed by atoms with Gasteiger partial charge in [-0.3, -0.25) is 4.79 Å². The lowest BCUT2D eigenvalue weighted by atomic mass is 9.91. The van der Waals surface area contributed by atoms with Crippen molar-refractivity contribution in [3.63, 3.8) is 0 Å². The van der Waals surface area contributed by atoms with E-state index in [4.69, 9.17) is 32.9 Å². The number of benzene rings is 2. The minimum atomic E-state index is -0.301. The van der Waals surface area contributed by atoms with Gasteiger partial charge >= 0.3 is 0 Å². The third kappa shape index (κ3) is 4.67. The second-order valence-corrected chi connectivity index (χ2v) is 11.6. The Hall–Kier alpha value is -1.83. The molecule has 8 heteroatoms. The zero-order chi connectivity index (χ0) is 23.9. The number of rotatable bonds is 6. The summed E-state index contributed by atoms with van der Waals surface area (Å²) in [6.07, 6.45) is 1.49. The van der Waals surface area contributed by atoms with Crippen LogP contribution in [0.25, 0.3) is 10.3 Å². The highest BCUT2D eigenvalue weighted by Crippen LogP contribution is 2.36. The molecular weight excluding hydrogens is 507 g/mol. The molecule has 2 aromatic carbocycles. The first-order valence-corrected chi connectivity index (χ1v) is 13.7. The zero-order valence-corrected chi connectivity index (χ0v) is 22.1. The quantitative estimate of drug-likeness (QED) is 0.244. The molecule has 1 aliphatic rings. The number of ether oxygens (including phenoxy) is 1. The average molecular weight is 532 g/mol. The van der Waals surface area contributed by atoms with E-state index in [9.17, 15) is 4.79 Å². The Labute approximate surface area is 216 Å². The second kappa shape index (κ2) is 9.67. The van der Waals surface area contributed by atoms with E-state index in [2.05, 4.69) is 30.5 Å². The minimum Gasteiger partial charge on any atom is -0.369 e. The number of halogens is 2. The summed E-state index contributed by atoms with van der Waals surface area (Å²) >= 11 is 15.5. The van der Waals surface area contributed by atoms with Gasteiger partial charge in [-0.15, -0.1) is 11.3 Å². The molecule has 4 nitrogen and oxygen atoms in total. The maximum absolute atomic E-state index is 13.6. The van der Waals surface area contributed by atoms with Gasteiger partial charge in [-0.25, -0.2) is 4.98 Å². The molecule has 34 heavy (non-hydrogen) atoms. The van der Waals surface area contributed by atoms with Crippen LogP contribution < -0.4 is 5.43 Å². The van der Waals surface area contributed by atoms with Crippen molar-refractivity contribution in [1.82, 2.24) is 9.55 Å². The Morgan fingerprint density at radius 2 is 1.94 bits per heavy atom. The highest BCUT2D eigenvalue weighted by molar-refractivity contribution is 7.98. The minimum absolute atomic E-state index is 0.0370. The summed E-state index contributed by atoms with van der Waals surface area (Å²) in [5.74, 6) is 0.671. The molecule has 0 spiro atoms. The first-order chi connectivity index (χ1) is 16.4. The maximum atomic E-state index is 13.6. The highest BCUT2D eigenvalue weighted by atomic mass is 35.5. The van der Waals surface area contributed by atoms with Crippen molar-refractivity contribution in [2.75, 3.05) is 0 Å². The largest absolute Gasteiger partial charge is 0.369 e. The van der Waals surface area contributed by atoms with E-state index >= 15 is 0 Å². The molecule has 0 radical (unpaired) electrons. The lowest BCUT2D eigenvalue weighted by Gasteiger charge is -2.33. The van der Waals surface area contributed by atoms with Gasteiger partial charge in [-0.05, 0) is 36.6 Å². The fourth-order valence-corrected chi connectivity index (χ4v) is 6.55. The molecule has 0 N–H and O–H groups in total. The summed E-state index contributed by atoms with van der Waals surface area (Å²) in [4.78, 5) is 20.4. The van der Waals surface area contributed by atoms with Crippen molar-refractivity contribution in [3.8, 4) is 0 Å². The molecular formula is C26H24Cl2N2O2S2. The average Bonchev–Trinajstić information content (AvgIpc) is 3.18. The monoisotopic (exact) mass is 530 g/mol. The fraction of sp³-hybridized carbons (Fsp3) is 0.308.